The van der Waals surface area contributed by atoms with Gasteiger partial charge in [-0.05, 0) is 29.0 Å². The number of ether oxygens (including phenoxy) is 2. The monoisotopic (exact) mass is 435 g/mol. The number of benzene rings is 1. The molecule has 0 saturated carbocycles. The SMILES string of the molecule is COCCNC(=O)NC(=O)COC(=O)[C@@H](NC(=O)c1ccc(C(C)(C)C)cc1)C(C)C. The van der Waals surface area contributed by atoms with Crippen molar-refractivity contribution in [3.05, 3.63) is 35.4 Å². The van der Waals surface area contributed by atoms with Gasteiger partial charge in [-0.15, -0.1) is 0 Å². The van der Waals surface area contributed by atoms with E-state index in [4.69, 9.17) is 9.47 Å². The molecule has 4 amide bonds. The lowest BCUT2D eigenvalue weighted by Gasteiger charge is -2.22. The van der Waals surface area contributed by atoms with Gasteiger partial charge < -0.3 is 20.1 Å². The van der Waals surface area contributed by atoms with E-state index in [-0.39, 0.29) is 17.9 Å². The average Bonchev–Trinajstić information content (AvgIpc) is 2.69. The first kappa shape index (κ1) is 26.1. The Morgan fingerprint density at radius 2 is 1.65 bits per heavy atom. The van der Waals surface area contributed by atoms with Gasteiger partial charge in [-0.1, -0.05) is 46.8 Å². The van der Waals surface area contributed by atoms with Crippen LogP contribution >= 0.6 is 0 Å². The number of carbonyl (C=O) groups is 4. The smallest absolute Gasteiger partial charge is 0.329 e. The third-order valence-corrected chi connectivity index (χ3v) is 4.41. The molecule has 0 saturated heterocycles. The molecule has 1 rings (SSSR count). The number of esters is 1. The summed E-state index contributed by atoms with van der Waals surface area (Å²) in [6.07, 6.45) is 0. The molecule has 3 N–H and O–H groups in total. The molecule has 0 unspecified atom stereocenters. The van der Waals surface area contributed by atoms with Crippen LogP contribution in [0.5, 0.6) is 0 Å². The number of methoxy groups -OCH3 is 1. The summed E-state index contributed by atoms with van der Waals surface area (Å²) in [7, 11) is 1.48. The second kappa shape index (κ2) is 12.0. The lowest BCUT2D eigenvalue weighted by Crippen LogP contribution is -2.47. The van der Waals surface area contributed by atoms with Gasteiger partial charge in [-0.3, -0.25) is 14.9 Å². The van der Waals surface area contributed by atoms with Crippen molar-refractivity contribution < 1.29 is 28.7 Å². The molecule has 0 aromatic heterocycles. The quantitative estimate of drug-likeness (QED) is 0.401. The Morgan fingerprint density at radius 3 is 2.16 bits per heavy atom. The second-order valence-corrected chi connectivity index (χ2v) is 8.43. The maximum absolute atomic E-state index is 12.6. The second-order valence-electron chi connectivity index (χ2n) is 8.43. The number of imide groups is 1. The molecule has 1 aromatic carbocycles. The summed E-state index contributed by atoms with van der Waals surface area (Å²) in [5.74, 6) is -2.23. The average molecular weight is 436 g/mol. The number of rotatable bonds is 9. The lowest BCUT2D eigenvalue weighted by atomic mass is 9.86. The van der Waals surface area contributed by atoms with Crippen LogP contribution in [0.1, 0.15) is 50.5 Å². The Bertz CT molecular complexity index is 768. The van der Waals surface area contributed by atoms with Crippen molar-refractivity contribution in [1.29, 1.82) is 0 Å². The van der Waals surface area contributed by atoms with Crippen LogP contribution in [0, 0.1) is 5.92 Å². The number of nitrogens with one attached hydrogen (secondary N) is 3. The molecule has 0 bridgehead atoms. The largest absolute Gasteiger partial charge is 0.454 e. The highest BCUT2D eigenvalue weighted by atomic mass is 16.5. The maximum Gasteiger partial charge on any atom is 0.329 e. The highest BCUT2D eigenvalue weighted by Gasteiger charge is 2.27. The molecule has 0 aliphatic carbocycles. The minimum atomic E-state index is -0.946. The molecule has 31 heavy (non-hydrogen) atoms. The van der Waals surface area contributed by atoms with E-state index in [0.717, 1.165) is 5.56 Å². The Labute approximate surface area is 183 Å². The van der Waals surface area contributed by atoms with Gasteiger partial charge >= 0.3 is 12.0 Å². The van der Waals surface area contributed by atoms with Crippen molar-refractivity contribution in [2.45, 2.75) is 46.1 Å². The van der Waals surface area contributed by atoms with Crippen LogP contribution in [0.2, 0.25) is 0 Å². The summed E-state index contributed by atoms with van der Waals surface area (Å²) in [5, 5.41) is 7.10. The minimum Gasteiger partial charge on any atom is -0.454 e. The van der Waals surface area contributed by atoms with E-state index in [1.54, 1.807) is 26.0 Å². The van der Waals surface area contributed by atoms with E-state index in [1.807, 2.05) is 17.4 Å². The zero-order chi connectivity index (χ0) is 23.6. The van der Waals surface area contributed by atoms with Gasteiger partial charge in [0.1, 0.15) is 6.04 Å². The van der Waals surface area contributed by atoms with Gasteiger partial charge in [0.25, 0.3) is 11.8 Å². The molecule has 0 spiro atoms. The number of urea groups is 1. The molecule has 9 heteroatoms. The van der Waals surface area contributed by atoms with E-state index < -0.39 is 36.5 Å². The summed E-state index contributed by atoms with van der Waals surface area (Å²) < 4.78 is 9.76. The topological polar surface area (TPSA) is 123 Å². The van der Waals surface area contributed by atoms with Crippen LogP contribution in [0.15, 0.2) is 24.3 Å². The van der Waals surface area contributed by atoms with Crippen LogP contribution in [-0.4, -0.2) is 56.7 Å². The highest BCUT2D eigenvalue weighted by Crippen LogP contribution is 2.22. The fourth-order valence-electron chi connectivity index (χ4n) is 2.54. The molecule has 0 aliphatic heterocycles. The first-order valence-corrected chi connectivity index (χ1v) is 10.1. The van der Waals surface area contributed by atoms with E-state index >= 15 is 0 Å². The maximum atomic E-state index is 12.6. The molecule has 1 aromatic rings. The van der Waals surface area contributed by atoms with E-state index in [2.05, 4.69) is 31.4 Å². The van der Waals surface area contributed by atoms with Crippen LogP contribution in [-0.2, 0) is 24.5 Å². The molecule has 0 radical (unpaired) electrons. The van der Waals surface area contributed by atoms with Crippen LogP contribution in [0.3, 0.4) is 0 Å². The zero-order valence-corrected chi connectivity index (χ0v) is 19.0. The molecule has 0 fully saturated rings. The third kappa shape index (κ3) is 9.17. The normalized spacial score (nSPS) is 12.1. The van der Waals surface area contributed by atoms with Gasteiger partial charge in [0.15, 0.2) is 6.61 Å². The van der Waals surface area contributed by atoms with Gasteiger partial charge in [-0.2, -0.15) is 0 Å². The predicted octanol–water partition coefficient (Wildman–Crippen LogP) is 1.75. The van der Waals surface area contributed by atoms with E-state index in [9.17, 15) is 19.2 Å². The molecule has 9 nitrogen and oxygen atoms in total. The molecular formula is C22H33N3O6. The number of amides is 4. The Morgan fingerprint density at radius 1 is 1.03 bits per heavy atom. The van der Waals surface area contributed by atoms with Crippen molar-refractivity contribution in [2.75, 3.05) is 26.9 Å². The number of hydrogen-bond acceptors (Lipinski definition) is 6. The van der Waals surface area contributed by atoms with E-state index in [1.165, 1.54) is 7.11 Å². The minimum absolute atomic E-state index is 0.0411. The summed E-state index contributed by atoms with van der Waals surface area (Å²) in [6.45, 7) is 9.61. The number of carbonyl (C=O) groups excluding carboxylic acids is 4. The van der Waals surface area contributed by atoms with Crippen molar-refractivity contribution in [2.24, 2.45) is 5.92 Å². The predicted molar refractivity (Wildman–Crippen MR) is 116 cm³/mol. The zero-order valence-electron chi connectivity index (χ0n) is 19.0. The van der Waals surface area contributed by atoms with Crippen molar-refractivity contribution >= 4 is 23.8 Å². The standard InChI is InChI=1S/C22H33N3O6/c1-14(2)18(20(28)31-13-17(26)24-21(29)23-11-12-30-6)25-19(27)15-7-9-16(10-8-15)22(3,4)5/h7-10,14,18H,11-13H2,1-6H3,(H,25,27)(H2,23,24,26,29)/t18-/m0/s1. The first-order chi connectivity index (χ1) is 14.5. The van der Waals surface area contributed by atoms with Gasteiger partial charge in [0.2, 0.25) is 0 Å². The molecule has 0 aliphatic rings. The Kier molecular flexibility index (Phi) is 10.1. The fraction of sp³-hybridized carbons (Fsp3) is 0.545. The summed E-state index contributed by atoms with van der Waals surface area (Å²) in [5.41, 5.74) is 1.46. The third-order valence-electron chi connectivity index (χ3n) is 4.41. The van der Waals surface area contributed by atoms with Gasteiger partial charge in [0, 0.05) is 19.2 Å². The molecule has 172 valence electrons. The summed E-state index contributed by atoms with van der Waals surface area (Å²) in [6, 6.07) is 5.49. The van der Waals surface area contributed by atoms with Crippen LogP contribution in [0.4, 0.5) is 4.79 Å². The molecule has 1 atom stereocenters. The van der Waals surface area contributed by atoms with Crippen molar-refractivity contribution in [3.63, 3.8) is 0 Å². The van der Waals surface area contributed by atoms with E-state index in [0.29, 0.717) is 12.2 Å². The Hall–Kier alpha value is -2.94. The van der Waals surface area contributed by atoms with Crippen LogP contribution in [0.25, 0.3) is 0 Å². The molecular weight excluding hydrogens is 402 g/mol. The number of hydrogen-bond donors (Lipinski definition) is 3. The highest BCUT2D eigenvalue weighted by molar-refractivity contribution is 5.98. The Balaban J connectivity index is 2.62. The fourth-order valence-corrected chi connectivity index (χ4v) is 2.54. The summed E-state index contributed by atoms with van der Waals surface area (Å²) >= 11 is 0. The first-order valence-electron chi connectivity index (χ1n) is 10.1. The molecule has 0 heterocycles. The van der Waals surface area contributed by atoms with Gasteiger partial charge in [0.05, 0.1) is 6.61 Å². The lowest BCUT2D eigenvalue weighted by molar-refractivity contribution is -0.151. The summed E-state index contributed by atoms with van der Waals surface area (Å²) in [4.78, 5) is 48.3. The van der Waals surface area contributed by atoms with Crippen molar-refractivity contribution in [1.82, 2.24) is 16.0 Å². The van der Waals surface area contributed by atoms with Gasteiger partial charge in [-0.25, -0.2) is 9.59 Å². The van der Waals surface area contributed by atoms with Crippen molar-refractivity contribution in [3.8, 4) is 0 Å². The van der Waals surface area contributed by atoms with Crippen LogP contribution < -0.4 is 16.0 Å².